The smallest absolute Gasteiger partial charge is 0.407 e. The van der Waals surface area contributed by atoms with Crippen LogP contribution in [0, 0.1) is 5.92 Å². The van der Waals surface area contributed by atoms with E-state index in [0.29, 0.717) is 5.92 Å². The van der Waals surface area contributed by atoms with Gasteiger partial charge in [0, 0.05) is 19.0 Å². The summed E-state index contributed by atoms with van der Waals surface area (Å²) in [4.78, 5) is 16.0. The molecule has 5 heteroatoms. The largest absolute Gasteiger partial charge is 0.444 e. The summed E-state index contributed by atoms with van der Waals surface area (Å²) in [6.07, 6.45) is 5.97. The van der Waals surface area contributed by atoms with E-state index in [-0.39, 0.29) is 12.1 Å². The van der Waals surface area contributed by atoms with E-state index in [1.807, 2.05) is 27.8 Å². The fourth-order valence-corrected chi connectivity index (χ4v) is 3.15. The molecule has 0 aromatic heterocycles. The molecule has 1 rings (SSSR count). The van der Waals surface area contributed by atoms with E-state index in [4.69, 9.17) is 4.74 Å². The molecule has 1 aliphatic carbocycles. The number of ether oxygens (including phenoxy) is 1. The highest BCUT2D eigenvalue weighted by molar-refractivity contribution is 8.13. The van der Waals surface area contributed by atoms with Gasteiger partial charge in [0.25, 0.3) is 0 Å². The van der Waals surface area contributed by atoms with Crippen molar-refractivity contribution in [1.29, 1.82) is 0 Å². The number of alkyl carbamates (subject to hydrolysis) is 1. The maximum atomic E-state index is 11.7. The van der Waals surface area contributed by atoms with Crippen LogP contribution in [0.4, 0.5) is 4.79 Å². The van der Waals surface area contributed by atoms with Crippen LogP contribution in [0.25, 0.3) is 0 Å². The Labute approximate surface area is 120 Å². The molecule has 4 nitrogen and oxygen atoms in total. The van der Waals surface area contributed by atoms with Crippen molar-refractivity contribution in [3.8, 4) is 0 Å². The summed E-state index contributed by atoms with van der Waals surface area (Å²) >= 11 is 1.74. The van der Waals surface area contributed by atoms with E-state index in [1.54, 1.807) is 11.8 Å². The van der Waals surface area contributed by atoms with E-state index >= 15 is 0 Å². The van der Waals surface area contributed by atoms with Crippen molar-refractivity contribution in [2.24, 2.45) is 10.9 Å². The number of carbonyl (C=O) groups excluding carboxylic acids is 1. The lowest BCUT2D eigenvalue weighted by Gasteiger charge is -2.30. The molecule has 1 fully saturated rings. The molecule has 0 aromatic rings. The average Bonchev–Trinajstić information content (AvgIpc) is 2.30. The van der Waals surface area contributed by atoms with Gasteiger partial charge >= 0.3 is 6.09 Å². The van der Waals surface area contributed by atoms with Crippen LogP contribution < -0.4 is 5.32 Å². The Morgan fingerprint density at radius 1 is 1.26 bits per heavy atom. The Balaban J connectivity index is 2.36. The Morgan fingerprint density at radius 3 is 2.26 bits per heavy atom. The lowest BCUT2D eigenvalue weighted by Crippen LogP contribution is -2.41. The number of hydrogen-bond acceptors (Lipinski definition) is 4. The molecule has 19 heavy (non-hydrogen) atoms. The van der Waals surface area contributed by atoms with E-state index in [9.17, 15) is 4.79 Å². The second kappa shape index (κ2) is 7.17. The highest BCUT2D eigenvalue weighted by Crippen LogP contribution is 2.28. The molecule has 0 aromatic carbocycles. The third-order valence-electron chi connectivity index (χ3n) is 3.23. The van der Waals surface area contributed by atoms with E-state index < -0.39 is 5.60 Å². The highest BCUT2D eigenvalue weighted by atomic mass is 32.2. The van der Waals surface area contributed by atoms with Gasteiger partial charge in [-0.15, -0.1) is 11.8 Å². The molecule has 1 amide bonds. The molecule has 1 saturated carbocycles. The summed E-state index contributed by atoms with van der Waals surface area (Å²) < 4.78 is 5.28. The zero-order valence-electron chi connectivity index (χ0n) is 12.7. The number of nitrogens with zero attached hydrogens (tertiary/aromatic N) is 1. The van der Waals surface area contributed by atoms with Gasteiger partial charge in [0.15, 0.2) is 0 Å². The van der Waals surface area contributed by atoms with E-state index in [1.165, 1.54) is 5.04 Å². The van der Waals surface area contributed by atoms with Crippen molar-refractivity contribution in [3.63, 3.8) is 0 Å². The van der Waals surface area contributed by atoms with Crippen molar-refractivity contribution in [2.45, 2.75) is 58.1 Å². The van der Waals surface area contributed by atoms with Crippen molar-refractivity contribution >= 4 is 22.9 Å². The van der Waals surface area contributed by atoms with E-state index in [0.717, 1.165) is 25.7 Å². The first-order chi connectivity index (χ1) is 8.85. The van der Waals surface area contributed by atoms with Crippen LogP contribution in [0.2, 0.25) is 0 Å². The summed E-state index contributed by atoms with van der Waals surface area (Å²) in [6, 6.07) is 0.242. The van der Waals surface area contributed by atoms with Gasteiger partial charge in [-0.1, -0.05) is 0 Å². The fraction of sp³-hybridized carbons (Fsp3) is 0.857. The third-order valence-corrected chi connectivity index (χ3v) is 4.16. The first-order valence-electron chi connectivity index (χ1n) is 6.86. The van der Waals surface area contributed by atoms with Gasteiger partial charge in [-0.05, 0) is 52.7 Å². The second-order valence-corrected chi connectivity index (χ2v) is 6.79. The van der Waals surface area contributed by atoms with Gasteiger partial charge in [0.2, 0.25) is 0 Å². The standard InChI is InChI=1S/C14H26N2O2S/c1-14(2,3)18-13(17)16-11-8-6-10(7-9-11)12(15-4)19-5/h10-11H,6-9H2,1-5H3,(H,16,17). The Morgan fingerprint density at radius 2 is 1.84 bits per heavy atom. The summed E-state index contributed by atoms with van der Waals surface area (Å²) in [6.45, 7) is 5.64. The minimum absolute atomic E-state index is 0.242. The number of hydrogen-bond donors (Lipinski definition) is 1. The normalized spacial score (nSPS) is 25.0. The zero-order chi connectivity index (χ0) is 14.5. The summed E-state index contributed by atoms with van der Waals surface area (Å²) in [5.74, 6) is 0.566. The zero-order valence-corrected chi connectivity index (χ0v) is 13.5. The minimum Gasteiger partial charge on any atom is -0.444 e. The molecule has 0 radical (unpaired) electrons. The van der Waals surface area contributed by atoms with Crippen LogP contribution in [-0.4, -0.2) is 36.1 Å². The van der Waals surface area contributed by atoms with Crippen molar-refractivity contribution in [3.05, 3.63) is 0 Å². The Bertz CT molecular complexity index is 329. The maximum absolute atomic E-state index is 11.7. The molecule has 0 aliphatic heterocycles. The Hall–Kier alpha value is -0.710. The van der Waals surface area contributed by atoms with Crippen LogP contribution in [0.3, 0.4) is 0 Å². The lowest BCUT2D eigenvalue weighted by atomic mass is 9.86. The topological polar surface area (TPSA) is 50.7 Å². The number of thioether (sulfide) groups is 1. The summed E-state index contributed by atoms with van der Waals surface area (Å²) in [7, 11) is 1.86. The van der Waals surface area contributed by atoms with Crippen molar-refractivity contribution in [1.82, 2.24) is 5.32 Å². The number of amides is 1. The molecule has 0 saturated heterocycles. The van der Waals surface area contributed by atoms with Gasteiger partial charge in [0.05, 0.1) is 5.04 Å². The van der Waals surface area contributed by atoms with Crippen LogP contribution in [-0.2, 0) is 4.74 Å². The quantitative estimate of drug-likeness (QED) is 0.625. The van der Waals surface area contributed by atoms with Gasteiger partial charge in [0.1, 0.15) is 5.60 Å². The number of aliphatic imine (C=N–C) groups is 1. The molecule has 1 N–H and O–H groups in total. The van der Waals surface area contributed by atoms with Crippen molar-refractivity contribution < 1.29 is 9.53 Å². The molecule has 0 heterocycles. The van der Waals surface area contributed by atoms with Crippen molar-refractivity contribution in [2.75, 3.05) is 13.3 Å². The maximum Gasteiger partial charge on any atom is 0.407 e. The van der Waals surface area contributed by atoms with Crippen LogP contribution in [0.5, 0.6) is 0 Å². The first-order valence-corrected chi connectivity index (χ1v) is 8.08. The average molecular weight is 286 g/mol. The van der Waals surface area contributed by atoms with Gasteiger partial charge in [-0.25, -0.2) is 4.79 Å². The number of carbonyl (C=O) groups is 1. The second-order valence-electron chi connectivity index (χ2n) is 5.96. The number of nitrogens with one attached hydrogen (secondary N) is 1. The molecular formula is C14H26N2O2S. The highest BCUT2D eigenvalue weighted by Gasteiger charge is 2.26. The third kappa shape index (κ3) is 5.85. The van der Waals surface area contributed by atoms with E-state index in [2.05, 4.69) is 16.6 Å². The van der Waals surface area contributed by atoms with Gasteiger partial charge < -0.3 is 10.1 Å². The van der Waals surface area contributed by atoms with Gasteiger partial charge in [-0.3, -0.25) is 4.99 Å². The predicted molar refractivity (Wildman–Crippen MR) is 82.0 cm³/mol. The molecule has 1 aliphatic rings. The van der Waals surface area contributed by atoms with Crippen LogP contribution in [0.15, 0.2) is 4.99 Å². The van der Waals surface area contributed by atoms with Gasteiger partial charge in [-0.2, -0.15) is 0 Å². The molecule has 110 valence electrons. The Kier molecular flexibility index (Phi) is 6.17. The fourth-order valence-electron chi connectivity index (χ4n) is 2.40. The SMILES string of the molecule is CN=C(SC)C1CCC(NC(=O)OC(C)(C)C)CC1. The summed E-state index contributed by atoms with van der Waals surface area (Å²) in [5.41, 5.74) is -0.428. The van der Waals surface area contributed by atoms with Crippen LogP contribution in [0.1, 0.15) is 46.5 Å². The first kappa shape index (κ1) is 16.3. The molecule has 0 spiro atoms. The number of rotatable bonds is 2. The monoisotopic (exact) mass is 286 g/mol. The summed E-state index contributed by atoms with van der Waals surface area (Å²) in [5, 5.41) is 4.20. The molecule has 0 atom stereocenters. The molecule has 0 unspecified atom stereocenters. The van der Waals surface area contributed by atoms with Crippen LogP contribution >= 0.6 is 11.8 Å². The molecule has 0 bridgehead atoms. The lowest BCUT2D eigenvalue weighted by molar-refractivity contribution is 0.0491. The molecular weight excluding hydrogens is 260 g/mol. The predicted octanol–water partition coefficient (Wildman–Crippen LogP) is 3.46. The minimum atomic E-state index is -0.428.